The lowest BCUT2D eigenvalue weighted by Gasteiger charge is -2.19. The third-order valence-electron chi connectivity index (χ3n) is 2.26. The number of quaternary nitrogens is 1. The Bertz CT molecular complexity index is 332. The summed E-state index contributed by atoms with van der Waals surface area (Å²) in [5.41, 5.74) is 0.126. The minimum Gasteiger partial charge on any atom is -0.491 e. The number of halogens is 1. The van der Waals surface area contributed by atoms with Gasteiger partial charge in [0, 0.05) is 5.02 Å². The SMILES string of the molecule is CC(C)(C)[NH2+]CC(O)COc1ccc(Cl)cc1. The molecule has 0 saturated carbocycles. The molecule has 1 aromatic carbocycles. The second-order valence-electron chi connectivity index (χ2n) is 5.22. The Hall–Kier alpha value is -0.770. The van der Waals surface area contributed by atoms with Crippen molar-refractivity contribution in [2.24, 2.45) is 0 Å². The Balaban J connectivity index is 2.28. The van der Waals surface area contributed by atoms with Gasteiger partial charge in [0.1, 0.15) is 25.0 Å². The maximum absolute atomic E-state index is 9.75. The van der Waals surface area contributed by atoms with Gasteiger partial charge in [0.25, 0.3) is 0 Å². The highest BCUT2D eigenvalue weighted by molar-refractivity contribution is 6.30. The molecule has 1 atom stereocenters. The molecule has 3 N–H and O–H groups in total. The molecular weight excluding hydrogens is 238 g/mol. The lowest BCUT2D eigenvalue weighted by atomic mass is 10.1. The summed E-state index contributed by atoms with van der Waals surface area (Å²) in [7, 11) is 0. The molecule has 0 aliphatic rings. The van der Waals surface area contributed by atoms with Gasteiger partial charge in [-0.15, -0.1) is 0 Å². The summed E-state index contributed by atoms with van der Waals surface area (Å²) < 4.78 is 5.46. The predicted molar refractivity (Wildman–Crippen MR) is 69.5 cm³/mol. The number of rotatable bonds is 5. The van der Waals surface area contributed by atoms with Crippen LogP contribution in [0.25, 0.3) is 0 Å². The Morgan fingerprint density at radius 2 is 1.88 bits per heavy atom. The molecular formula is C13H21ClNO2+. The van der Waals surface area contributed by atoms with Crippen LogP contribution < -0.4 is 10.1 Å². The van der Waals surface area contributed by atoms with E-state index in [1.807, 2.05) is 0 Å². The van der Waals surface area contributed by atoms with Crippen molar-refractivity contribution in [2.75, 3.05) is 13.2 Å². The van der Waals surface area contributed by atoms with Gasteiger partial charge in [0.15, 0.2) is 0 Å². The summed E-state index contributed by atoms with van der Waals surface area (Å²) in [6.07, 6.45) is -0.468. The molecule has 0 radical (unpaired) electrons. The van der Waals surface area contributed by atoms with Gasteiger partial charge in [0.2, 0.25) is 0 Å². The summed E-state index contributed by atoms with van der Waals surface area (Å²) in [6, 6.07) is 7.13. The quantitative estimate of drug-likeness (QED) is 0.840. The molecule has 0 aliphatic carbocycles. The average Bonchev–Trinajstić information content (AvgIpc) is 2.25. The van der Waals surface area contributed by atoms with Crippen LogP contribution in [0.4, 0.5) is 0 Å². The monoisotopic (exact) mass is 258 g/mol. The van der Waals surface area contributed by atoms with Crippen LogP contribution in [-0.2, 0) is 0 Å². The van der Waals surface area contributed by atoms with Gasteiger partial charge in [-0.2, -0.15) is 0 Å². The van der Waals surface area contributed by atoms with E-state index in [4.69, 9.17) is 16.3 Å². The van der Waals surface area contributed by atoms with Crippen molar-refractivity contribution < 1.29 is 15.2 Å². The minimum absolute atomic E-state index is 0.126. The van der Waals surface area contributed by atoms with Gasteiger partial charge in [-0.05, 0) is 45.0 Å². The fourth-order valence-electron chi connectivity index (χ4n) is 1.28. The van der Waals surface area contributed by atoms with E-state index in [1.54, 1.807) is 24.3 Å². The second-order valence-corrected chi connectivity index (χ2v) is 5.66. The van der Waals surface area contributed by atoms with Crippen LogP contribution in [-0.4, -0.2) is 29.9 Å². The first-order valence-corrected chi connectivity index (χ1v) is 6.15. The highest BCUT2D eigenvalue weighted by atomic mass is 35.5. The molecule has 4 heteroatoms. The van der Waals surface area contributed by atoms with Gasteiger partial charge < -0.3 is 15.2 Å². The molecule has 17 heavy (non-hydrogen) atoms. The van der Waals surface area contributed by atoms with E-state index in [0.29, 0.717) is 18.2 Å². The lowest BCUT2D eigenvalue weighted by Crippen LogP contribution is -2.96. The highest BCUT2D eigenvalue weighted by Crippen LogP contribution is 2.15. The number of aliphatic hydroxyl groups is 1. The summed E-state index contributed by atoms with van der Waals surface area (Å²) in [4.78, 5) is 0. The van der Waals surface area contributed by atoms with Crippen LogP contribution in [0.15, 0.2) is 24.3 Å². The first-order chi connectivity index (χ1) is 7.87. The molecule has 1 unspecified atom stereocenters. The first kappa shape index (κ1) is 14.3. The third kappa shape index (κ3) is 6.51. The third-order valence-corrected chi connectivity index (χ3v) is 2.51. The van der Waals surface area contributed by atoms with Gasteiger partial charge in [-0.3, -0.25) is 0 Å². The van der Waals surface area contributed by atoms with Gasteiger partial charge >= 0.3 is 0 Å². The predicted octanol–water partition coefficient (Wildman–Crippen LogP) is 1.44. The van der Waals surface area contributed by atoms with Crippen molar-refractivity contribution in [2.45, 2.75) is 32.4 Å². The molecule has 0 heterocycles. The summed E-state index contributed by atoms with van der Waals surface area (Å²) in [5, 5.41) is 12.5. The molecule has 0 bridgehead atoms. The first-order valence-electron chi connectivity index (χ1n) is 5.77. The molecule has 0 amide bonds. The van der Waals surface area contributed by atoms with Crippen LogP contribution in [0.3, 0.4) is 0 Å². The van der Waals surface area contributed by atoms with E-state index in [1.165, 1.54) is 0 Å². The minimum atomic E-state index is -0.468. The molecule has 0 aliphatic heterocycles. The highest BCUT2D eigenvalue weighted by Gasteiger charge is 2.16. The van der Waals surface area contributed by atoms with Gasteiger partial charge in [-0.25, -0.2) is 0 Å². The second kappa shape index (κ2) is 6.24. The average molecular weight is 259 g/mol. The summed E-state index contributed by atoms with van der Waals surface area (Å²) >= 11 is 5.76. The van der Waals surface area contributed by atoms with Crippen molar-refractivity contribution in [1.82, 2.24) is 0 Å². The molecule has 0 saturated heterocycles. The van der Waals surface area contributed by atoms with E-state index in [2.05, 4.69) is 26.1 Å². The maximum atomic E-state index is 9.75. The Morgan fingerprint density at radius 3 is 2.41 bits per heavy atom. The number of ether oxygens (including phenoxy) is 1. The largest absolute Gasteiger partial charge is 0.491 e. The number of hydrogen-bond acceptors (Lipinski definition) is 2. The molecule has 1 rings (SSSR count). The zero-order valence-corrected chi connectivity index (χ0v) is 11.4. The van der Waals surface area contributed by atoms with Crippen LogP contribution in [0.5, 0.6) is 5.75 Å². The maximum Gasteiger partial charge on any atom is 0.137 e. The van der Waals surface area contributed by atoms with Gasteiger partial charge in [0.05, 0.1) is 5.54 Å². The zero-order chi connectivity index (χ0) is 12.9. The van der Waals surface area contributed by atoms with Crippen LogP contribution in [0.1, 0.15) is 20.8 Å². The van der Waals surface area contributed by atoms with E-state index in [9.17, 15) is 5.11 Å². The Kier molecular flexibility index (Phi) is 5.25. The van der Waals surface area contributed by atoms with Crippen molar-refractivity contribution in [3.63, 3.8) is 0 Å². The summed E-state index contributed by atoms with van der Waals surface area (Å²) in [5.74, 6) is 0.726. The normalized spacial score (nSPS) is 13.5. The van der Waals surface area contributed by atoms with Gasteiger partial charge in [-0.1, -0.05) is 11.6 Å². The smallest absolute Gasteiger partial charge is 0.137 e. The molecule has 0 fully saturated rings. The number of hydrogen-bond donors (Lipinski definition) is 2. The lowest BCUT2D eigenvalue weighted by molar-refractivity contribution is -0.722. The molecule has 0 aromatic heterocycles. The Labute approximate surface area is 108 Å². The van der Waals surface area contributed by atoms with Crippen LogP contribution in [0, 0.1) is 0 Å². The zero-order valence-electron chi connectivity index (χ0n) is 10.6. The van der Waals surface area contributed by atoms with Crippen LogP contribution >= 0.6 is 11.6 Å². The van der Waals surface area contributed by atoms with Crippen molar-refractivity contribution >= 4 is 11.6 Å². The standard InChI is InChI=1S/C13H20ClNO2/c1-13(2,3)15-8-11(16)9-17-12-6-4-10(14)5-7-12/h4-7,11,15-16H,8-9H2,1-3H3/p+1. The molecule has 1 aromatic rings. The van der Waals surface area contributed by atoms with Crippen LogP contribution in [0.2, 0.25) is 5.02 Å². The Morgan fingerprint density at radius 1 is 1.29 bits per heavy atom. The fourth-order valence-corrected chi connectivity index (χ4v) is 1.41. The van der Waals surface area contributed by atoms with Crippen molar-refractivity contribution in [3.05, 3.63) is 29.3 Å². The number of nitrogens with two attached hydrogens (primary N) is 1. The van der Waals surface area contributed by atoms with E-state index < -0.39 is 6.10 Å². The van der Waals surface area contributed by atoms with Crippen molar-refractivity contribution in [1.29, 1.82) is 0 Å². The topological polar surface area (TPSA) is 46.1 Å². The fraction of sp³-hybridized carbons (Fsp3) is 0.538. The number of benzene rings is 1. The van der Waals surface area contributed by atoms with E-state index in [0.717, 1.165) is 5.75 Å². The molecule has 3 nitrogen and oxygen atoms in total. The molecule has 96 valence electrons. The molecule has 0 spiro atoms. The number of aliphatic hydroxyl groups excluding tert-OH is 1. The summed E-state index contributed by atoms with van der Waals surface area (Å²) in [6.45, 7) is 7.27. The van der Waals surface area contributed by atoms with E-state index >= 15 is 0 Å². The van der Waals surface area contributed by atoms with Crippen molar-refractivity contribution in [3.8, 4) is 5.75 Å². The van der Waals surface area contributed by atoms with E-state index in [-0.39, 0.29) is 5.54 Å².